The van der Waals surface area contributed by atoms with Crippen molar-refractivity contribution in [3.63, 3.8) is 0 Å². The van der Waals surface area contributed by atoms with Crippen LogP contribution in [0.15, 0.2) is 18.3 Å². The number of hydrogen-bond acceptors (Lipinski definition) is 6. The van der Waals surface area contributed by atoms with Crippen LogP contribution in [0, 0.1) is 0 Å². The summed E-state index contributed by atoms with van der Waals surface area (Å²) in [6.07, 6.45) is 4.78. The second-order valence-electron chi connectivity index (χ2n) is 6.57. The zero-order valence-electron chi connectivity index (χ0n) is 14.5. The van der Waals surface area contributed by atoms with Gasteiger partial charge in [-0.2, -0.15) is 0 Å². The van der Waals surface area contributed by atoms with Crippen LogP contribution >= 0.6 is 11.6 Å². The molecule has 6 nitrogen and oxygen atoms in total. The lowest BCUT2D eigenvalue weighted by Gasteiger charge is -2.32. The van der Waals surface area contributed by atoms with Crippen molar-refractivity contribution in [2.45, 2.75) is 50.9 Å². The molecule has 7 heteroatoms. The first-order chi connectivity index (χ1) is 12.1. The van der Waals surface area contributed by atoms with Crippen LogP contribution in [-0.2, 0) is 19.0 Å². The number of aromatic nitrogens is 1. The lowest BCUT2D eigenvalue weighted by atomic mass is 10.1. The molecule has 1 aromatic rings. The van der Waals surface area contributed by atoms with Crippen molar-refractivity contribution in [1.29, 1.82) is 0 Å². The van der Waals surface area contributed by atoms with Crippen LogP contribution in [0.3, 0.4) is 0 Å². The minimum absolute atomic E-state index is 0.0650. The number of carbonyl (C=O) groups is 1. The molecule has 0 N–H and O–H groups in total. The first-order valence-electron chi connectivity index (χ1n) is 8.92. The molecule has 0 saturated carbocycles. The van der Waals surface area contributed by atoms with E-state index < -0.39 is 6.10 Å². The van der Waals surface area contributed by atoms with Crippen LogP contribution in [0.2, 0.25) is 5.02 Å². The molecule has 0 aliphatic carbocycles. The van der Waals surface area contributed by atoms with Crippen molar-refractivity contribution in [3.8, 4) is 0 Å². The summed E-state index contributed by atoms with van der Waals surface area (Å²) < 4.78 is 16.7. The zero-order chi connectivity index (χ0) is 17.6. The molecule has 25 heavy (non-hydrogen) atoms. The predicted octanol–water partition coefficient (Wildman–Crippen LogP) is 2.83. The number of piperidine rings is 1. The van der Waals surface area contributed by atoms with Crippen LogP contribution in [0.1, 0.15) is 32.6 Å². The van der Waals surface area contributed by atoms with Crippen LogP contribution in [0.25, 0.3) is 0 Å². The highest BCUT2D eigenvalue weighted by atomic mass is 35.5. The lowest BCUT2D eigenvalue weighted by molar-refractivity contribution is -0.164. The molecule has 0 radical (unpaired) electrons. The van der Waals surface area contributed by atoms with Gasteiger partial charge < -0.3 is 19.1 Å². The lowest BCUT2D eigenvalue weighted by Crippen LogP contribution is -2.40. The number of hydrogen-bond donors (Lipinski definition) is 0. The van der Waals surface area contributed by atoms with Gasteiger partial charge in [-0.1, -0.05) is 11.6 Å². The second-order valence-corrected chi connectivity index (χ2v) is 7.00. The zero-order valence-corrected chi connectivity index (χ0v) is 15.3. The normalized spacial score (nSPS) is 22.8. The number of anilines is 1. The summed E-state index contributed by atoms with van der Waals surface area (Å²) in [7, 11) is 0. The molecule has 2 fully saturated rings. The maximum absolute atomic E-state index is 12.2. The number of rotatable bonds is 6. The van der Waals surface area contributed by atoms with Gasteiger partial charge >= 0.3 is 5.97 Å². The minimum atomic E-state index is -0.555. The summed E-state index contributed by atoms with van der Waals surface area (Å²) in [4.78, 5) is 18.7. The van der Waals surface area contributed by atoms with Crippen LogP contribution in [0.5, 0.6) is 0 Å². The van der Waals surface area contributed by atoms with E-state index in [1.807, 2.05) is 12.1 Å². The first-order valence-corrected chi connectivity index (χ1v) is 9.30. The van der Waals surface area contributed by atoms with E-state index in [4.69, 9.17) is 25.8 Å². The Kier molecular flexibility index (Phi) is 6.51. The molecule has 2 saturated heterocycles. The molecule has 0 bridgehead atoms. The number of halogens is 1. The summed E-state index contributed by atoms with van der Waals surface area (Å²) in [6.45, 7) is 4.59. The van der Waals surface area contributed by atoms with Gasteiger partial charge in [-0.25, -0.2) is 9.78 Å². The molecule has 2 aliphatic heterocycles. The average molecular weight is 369 g/mol. The fourth-order valence-electron chi connectivity index (χ4n) is 3.11. The average Bonchev–Trinajstić information content (AvgIpc) is 3.14. The van der Waals surface area contributed by atoms with Crippen molar-refractivity contribution >= 4 is 23.4 Å². The summed E-state index contributed by atoms with van der Waals surface area (Å²) >= 11 is 5.87. The Morgan fingerprint density at radius 3 is 2.84 bits per heavy atom. The molecule has 2 unspecified atom stereocenters. The Balaban J connectivity index is 1.38. The molecular formula is C18H25ClN2O4. The number of nitrogens with zero attached hydrogens (tertiary/aromatic N) is 2. The van der Waals surface area contributed by atoms with E-state index in [1.54, 1.807) is 13.1 Å². The first kappa shape index (κ1) is 18.4. The maximum atomic E-state index is 12.2. The van der Waals surface area contributed by atoms with E-state index in [-0.39, 0.29) is 18.2 Å². The van der Waals surface area contributed by atoms with Crippen molar-refractivity contribution in [2.75, 3.05) is 31.2 Å². The highest BCUT2D eigenvalue weighted by molar-refractivity contribution is 6.30. The molecule has 2 atom stereocenters. The summed E-state index contributed by atoms with van der Waals surface area (Å²) in [6, 6.07) is 3.75. The second kappa shape index (κ2) is 8.83. The Morgan fingerprint density at radius 2 is 2.20 bits per heavy atom. The van der Waals surface area contributed by atoms with E-state index >= 15 is 0 Å². The molecular weight excluding hydrogens is 344 g/mol. The van der Waals surface area contributed by atoms with Crippen LogP contribution < -0.4 is 4.90 Å². The van der Waals surface area contributed by atoms with Crippen LogP contribution in [-0.4, -0.2) is 55.6 Å². The fourth-order valence-corrected chi connectivity index (χ4v) is 3.23. The third kappa shape index (κ3) is 5.30. The third-order valence-corrected chi connectivity index (χ3v) is 4.87. The minimum Gasteiger partial charge on any atom is -0.460 e. The molecule has 1 aromatic heterocycles. The molecule has 138 valence electrons. The Bertz CT molecular complexity index is 555. The predicted molar refractivity (Wildman–Crippen MR) is 95.0 cm³/mol. The molecule has 0 amide bonds. The van der Waals surface area contributed by atoms with Gasteiger partial charge in [-0.3, -0.25) is 0 Å². The number of esters is 1. The maximum Gasteiger partial charge on any atom is 0.335 e. The van der Waals surface area contributed by atoms with E-state index in [0.717, 1.165) is 51.2 Å². The third-order valence-electron chi connectivity index (χ3n) is 4.65. The van der Waals surface area contributed by atoms with E-state index in [9.17, 15) is 4.79 Å². The highest BCUT2D eigenvalue weighted by Crippen LogP contribution is 2.21. The van der Waals surface area contributed by atoms with Gasteiger partial charge in [0.15, 0.2) is 6.10 Å². The molecule has 0 spiro atoms. The fraction of sp³-hybridized carbons (Fsp3) is 0.667. The topological polar surface area (TPSA) is 60.9 Å². The van der Waals surface area contributed by atoms with E-state index in [2.05, 4.69) is 9.88 Å². The summed E-state index contributed by atoms with van der Waals surface area (Å²) in [5.74, 6) is 0.614. The van der Waals surface area contributed by atoms with E-state index in [1.165, 1.54) is 0 Å². The quantitative estimate of drug-likeness (QED) is 0.719. The largest absolute Gasteiger partial charge is 0.460 e. The van der Waals surface area contributed by atoms with Gasteiger partial charge in [0.1, 0.15) is 11.9 Å². The van der Waals surface area contributed by atoms with Gasteiger partial charge in [0, 0.05) is 38.7 Å². The van der Waals surface area contributed by atoms with Gasteiger partial charge in [0.05, 0.1) is 17.7 Å². The monoisotopic (exact) mass is 368 g/mol. The highest BCUT2D eigenvalue weighted by Gasteiger charge is 2.26. The van der Waals surface area contributed by atoms with Gasteiger partial charge in [0.25, 0.3) is 0 Å². The number of pyridine rings is 1. The number of ether oxygens (including phenoxy) is 3. The Labute approximate surface area is 153 Å². The SMILES string of the molecule is CC(OCC1CCCO1)C(=O)OC1CCN(c2ccc(Cl)cn2)CC1. The van der Waals surface area contributed by atoms with Gasteiger partial charge in [-0.15, -0.1) is 0 Å². The standard InChI is InChI=1S/C18H25ClN2O4/c1-13(24-12-16-3-2-10-23-16)18(22)25-15-6-8-21(9-7-15)17-5-4-14(19)11-20-17/h4-5,11,13,15-16H,2-3,6-10,12H2,1H3. The van der Waals surface area contributed by atoms with Crippen molar-refractivity contribution in [3.05, 3.63) is 23.4 Å². The van der Waals surface area contributed by atoms with E-state index in [0.29, 0.717) is 11.6 Å². The van der Waals surface area contributed by atoms with Crippen molar-refractivity contribution < 1.29 is 19.0 Å². The van der Waals surface area contributed by atoms with Crippen LogP contribution in [0.4, 0.5) is 5.82 Å². The molecule has 2 aliphatic rings. The smallest absolute Gasteiger partial charge is 0.335 e. The molecule has 3 heterocycles. The van der Waals surface area contributed by atoms with Gasteiger partial charge in [0.2, 0.25) is 0 Å². The van der Waals surface area contributed by atoms with Gasteiger partial charge in [-0.05, 0) is 31.9 Å². The molecule has 0 aromatic carbocycles. The van der Waals surface area contributed by atoms with Crippen molar-refractivity contribution in [2.24, 2.45) is 0 Å². The Morgan fingerprint density at radius 1 is 1.40 bits per heavy atom. The van der Waals surface area contributed by atoms with Crippen molar-refractivity contribution in [1.82, 2.24) is 4.98 Å². The summed E-state index contributed by atoms with van der Waals surface area (Å²) in [5.41, 5.74) is 0. The number of carbonyl (C=O) groups excluding carboxylic acids is 1. The molecule has 3 rings (SSSR count). The Hall–Kier alpha value is -1.37. The summed E-state index contributed by atoms with van der Waals surface area (Å²) in [5, 5.41) is 0.629.